The fourth-order valence-corrected chi connectivity index (χ4v) is 2.24. The zero-order chi connectivity index (χ0) is 13.8. The van der Waals surface area contributed by atoms with Gasteiger partial charge in [0.05, 0.1) is 12.1 Å². The maximum absolute atomic E-state index is 13.3. The topological polar surface area (TPSA) is 55.1 Å². The molecule has 0 heterocycles. The molecule has 100 valence electrons. The van der Waals surface area contributed by atoms with Crippen molar-refractivity contribution in [1.82, 2.24) is 5.32 Å². The van der Waals surface area contributed by atoms with Crippen molar-refractivity contribution >= 4 is 5.91 Å². The van der Waals surface area contributed by atoms with Gasteiger partial charge in [0.1, 0.15) is 5.82 Å². The van der Waals surface area contributed by atoms with Crippen LogP contribution in [0.1, 0.15) is 35.7 Å². The van der Waals surface area contributed by atoms with E-state index in [0.717, 1.165) is 12.8 Å². The van der Waals surface area contributed by atoms with E-state index in [1.165, 1.54) is 18.2 Å². The molecule has 0 bridgehead atoms. The largest absolute Gasteiger partial charge is 0.349 e. The number of hydrogen-bond donors (Lipinski definition) is 2. The summed E-state index contributed by atoms with van der Waals surface area (Å²) in [5, 5.41) is 2.90. The molecular formula is C15H17FN2O. The molecule has 0 aromatic heterocycles. The highest BCUT2D eigenvalue weighted by molar-refractivity contribution is 5.97. The summed E-state index contributed by atoms with van der Waals surface area (Å²) in [6.45, 7) is 2.35. The van der Waals surface area contributed by atoms with E-state index in [9.17, 15) is 9.18 Å². The van der Waals surface area contributed by atoms with Crippen molar-refractivity contribution in [1.29, 1.82) is 0 Å². The van der Waals surface area contributed by atoms with Crippen LogP contribution in [-0.2, 0) is 0 Å². The summed E-state index contributed by atoms with van der Waals surface area (Å²) in [4.78, 5) is 12.1. The maximum Gasteiger partial charge on any atom is 0.252 e. The average Bonchev–Trinajstić information content (AvgIpc) is 2.35. The second-order valence-corrected chi connectivity index (χ2v) is 4.94. The number of carbonyl (C=O) groups excluding carboxylic acids is 1. The highest BCUT2D eigenvalue weighted by Gasteiger charge is 2.27. The molecule has 0 spiro atoms. The van der Waals surface area contributed by atoms with Crippen LogP contribution in [0.15, 0.2) is 18.2 Å². The molecule has 1 aromatic rings. The summed E-state index contributed by atoms with van der Waals surface area (Å²) in [6.07, 6.45) is 1.95. The summed E-state index contributed by atoms with van der Waals surface area (Å²) in [5.74, 6) is 5.42. The van der Waals surface area contributed by atoms with Gasteiger partial charge in [-0.15, -0.1) is 0 Å². The van der Waals surface area contributed by atoms with Crippen molar-refractivity contribution < 1.29 is 9.18 Å². The van der Waals surface area contributed by atoms with Crippen molar-refractivity contribution in [3.05, 3.63) is 35.1 Å². The number of nitrogens with two attached hydrogens (primary N) is 1. The number of carbonyl (C=O) groups is 1. The number of halogens is 1. The Bertz CT molecular complexity index is 539. The molecule has 4 heteroatoms. The standard InChI is InChI=1S/C15H17FN2O/c1-10-7-13(8-10)18-15(19)14-9-12(16)5-4-11(14)3-2-6-17/h4-5,9-10,13H,6-8,17H2,1H3,(H,18,19). The molecular weight excluding hydrogens is 243 g/mol. The van der Waals surface area contributed by atoms with Crippen LogP contribution >= 0.6 is 0 Å². The van der Waals surface area contributed by atoms with E-state index >= 15 is 0 Å². The van der Waals surface area contributed by atoms with Crippen LogP contribution in [0.5, 0.6) is 0 Å². The van der Waals surface area contributed by atoms with E-state index in [1.807, 2.05) is 0 Å². The number of hydrogen-bond acceptors (Lipinski definition) is 2. The van der Waals surface area contributed by atoms with Crippen LogP contribution in [0.2, 0.25) is 0 Å². The van der Waals surface area contributed by atoms with E-state index < -0.39 is 5.82 Å². The molecule has 3 N–H and O–H groups in total. The van der Waals surface area contributed by atoms with Gasteiger partial charge < -0.3 is 11.1 Å². The Kier molecular flexibility index (Phi) is 4.18. The monoisotopic (exact) mass is 260 g/mol. The molecule has 2 rings (SSSR count). The van der Waals surface area contributed by atoms with E-state index in [0.29, 0.717) is 11.5 Å². The van der Waals surface area contributed by atoms with Crippen molar-refractivity contribution in [2.24, 2.45) is 11.7 Å². The summed E-state index contributed by atoms with van der Waals surface area (Å²) in [6, 6.07) is 4.22. The quantitative estimate of drug-likeness (QED) is 0.795. The van der Waals surface area contributed by atoms with Crippen molar-refractivity contribution in [3.63, 3.8) is 0 Å². The van der Waals surface area contributed by atoms with Crippen LogP contribution < -0.4 is 11.1 Å². The van der Waals surface area contributed by atoms with Crippen molar-refractivity contribution in [3.8, 4) is 11.8 Å². The minimum Gasteiger partial charge on any atom is -0.349 e. The third-order valence-corrected chi connectivity index (χ3v) is 3.26. The summed E-state index contributed by atoms with van der Waals surface area (Å²) >= 11 is 0. The number of nitrogens with one attached hydrogen (secondary N) is 1. The summed E-state index contributed by atoms with van der Waals surface area (Å²) in [7, 11) is 0. The molecule has 0 radical (unpaired) electrons. The lowest BCUT2D eigenvalue weighted by molar-refractivity contribution is 0.0895. The fourth-order valence-electron chi connectivity index (χ4n) is 2.24. The first-order chi connectivity index (χ1) is 9.10. The van der Waals surface area contributed by atoms with Gasteiger partial charge in [-0.25, -0.2) is 4.39 Å². The lowest BCUT2D eigenvalue weighted by atomic mass is 9.82. The molecule has 19 heavy (non-hydrogen) atoms. The van der Waals surface area contributed by atoms with Gasteiger partial charge in [0.15, 0.2) is 0 Å². The predicted molar refractivity (Wildman–Crippen MR) is 72.0 cm³/mol. The van der Waals surface area contributed by atoms with Crippen LogP contribution in [0, 0.1) is 23.6 Å². The van der Waals surface area contributed by atoms with Crippen LogP contribution in [-0.4, -0.2) is 18.5 Å². The molecule has 1 aliphatic carbocycles. The van der Waals surface area contributed by atoms with Crippen molar-refractivity contribution in [2.75, 3.05) is 6.54 Å². The molecule has 0 unspecified atom stereocenters. The Hall–Kier alpha value is -1.86. The average molecular weight is 260 g/mol. The zero-order valence-electron chi connectivity index (χ0n) is 10.9. The minimum absolute atomic E-state index is 0.195. The highest BCUT2D eigenvalue weighted by Crippen LogP contribution is 2.26. The Morgan fingerprint density at radius 3 is 2.89 bits per heavy atom. The van der Waals surface area contributed by atoms with E-state index in [4.69, 9.17) is 5.73 Å². The first kappa shape index (κ1) is 13.6. The van der Waals surface area contributed by atoms with Crippen LogP contribution in [0.25, 0.3) is 0 Å². The lowest BCUT2D eigenvalue weighted by Gasteiger charge is -2.33. The molecule has 0 saturated heterocycles. The Balaban J connectivity index is 2.17. The fraction of sp³-hybridized carbons (Fsp3) is 0.400. The van der Waals surface area contributed by atoms with Crippen LogP contribution in [0.3, 0.4) is 0 Å². The predicted octanol–water partition coefficient (Wildman–Crippen LogP) is 1.66. The maximum atomic E-state index is 13.3. The summed E-state index contributed by atoms with van der Waals surface area (Å²) in [5.41, 5.74) is 6.10. The van der Waals surface area contributed by atoms with Gasteiger partial charge in [-0.05, 0) is 37.0 Å². The van der Waals surface area contributed by atoms with Gasteiger partial charge in [-0.1, -0.05) is 18.8 Å². The van der Waals surface area contributed by atoms with Crippen LogP contribution in [0.4, 0.5) is 4.39 Å². The van der Waals surface area contributed by atoms with Crippen molar-refractivity contribution in [2.45, 2.75) is 25.8 Å². The third-order valence-electron chi connectivity index (χ3n) is 3.26. The number of benzene rings is 1. The third kappa shape index (κ3) is 3.33. The Morgan fingerprint density at radius 1 is 1.53 bits per heavy atom. The van der Waals surface area contributed by atoms with E-state index in [-0.39, 0.29) is 24.1 Å². The first-order valence-corrected chi connectivity index (χ1v) is 6.39. The highest BCUT2D eigenvalue weighted by atomic mass is 19.1. The first-order valence-electron chi connectivity index (χ1n) is 6.39. The van der Waals surface area contributed by atoms with Gasteiger partial charge >= 0.3 is 0 Å². The molecule has 3 nitrogen and oxygen atoms in total. The molecule has 1 amide bonds. The Morgan fingerprint density at radius 2 is 2.26 bits per heavy atom. The molecule has 1 saturated carbocycles. The lowest BCUT2D eigenvalue weighted by Crippen LogP contribution is -2.43. The Labute approximate surface area is 112 Å². The van der Waals surface area contributed by atoms with E-state index in [2.05, 4.69) is 24.1 Å². The molecule has 0 aliphatic heterocycles. The van der Waals surface area contributed by atoms with Gasteiger partial charge in [0.2, 0.25) is 0 Å². The van der Waals surface area contributed by atoms with Gasteiger partial charge in [-0.3, -0.25) is 4.79 Å². The number of rotatable bonds is 2. The second kappa shape index (κ2) is 5.85. The van der Waals surface area contributed by atoms with Gasteiger partial charge in [0, 0.05) is 11.6 Å². The molecule has 0 atom stereocenters. The molecule has 1 aliphatic rings. The second-order valence-electron chi connectivity index (χ2n) is 4.94. The smallest absolute Gasteiger partial charge is 0.252 e. The van der Waals surface area contributed by atoms with Gasteiger partial charge in [0.25, 0.3) is 5.91 Å². The summed E-state index contributed by atoms with van der Waals surface area (Å²) < 4.78 is 13.3. The SMILES string of the molecule is CC1CC(NC(=O)c2cc(F)ccc2C#CCN)C1. The minimum atomic E-state index is -0.439. The normalized spacial score (nSPS) is 21.0. The zero-order valence-corrected chi connectivity index (χ0v) is 10.9. The molecule has 1 aromatic carbocycles. The number of amides is 1. The van der Waals surface area contributed by atoms with E-state index in [1.54, 1.807) is 0 Å². The van der Waals surface area contributed by atoms with Gasteiger partial charge in [-0.2, -0.15) is 0 Å². The molecule has 1 fully saturated rings.